The van der Waals surface area contributed by atoms with E-state index >= 15 is 0 Å². The molecular weight excluding hydrogens is 406 g/mol. The smallest absolute Gasteiger partial charge is 0.191 e. The van der Waals surface area contributed by atoms with Gasteiger partial charge in [0.15, 0.2) is 17.4 Å². The topological polar surface area (TPSA) is 9.23 Å². The van der Waals surface area contributed by atoms with E-state index in [9.17, 15) is 8.78 Å². The lowest BCUT2D eigenvalue weighted by molar-refractivity contribution is 0.190. The van der Waals surface area contributed by atoms with Crippen molar-refractivity contribution in [2.24, 2.45) is 11.8 Å². The van der Waals surface area contributed by atoms with Crippen molar-refractivity contribution < 1.29 is 13.5 Å². The number of hydrogen-bond donors (Lipinski definition) is 0. The highest BCUT2D eigenvalue weighted by molar-refractivity contribution is 6.58. The zero-order chi connectivity index (χ0) is 22.2. The molecule has 2 fully saturated rings. The van der Waals surface area contributed by atoms with Crippen LogP contribution in [0.15, 0.2) is 12.1 Å². The molecule has 1 nitrogen and oxygen atoms in total. The largest absolute Gasteiger partial charge is 0.485 e. The molecule has 1 aliphatic heterocycles. The van der Waals surface area contributed by atoms with E-state index in [0.29, 0.717) is 5.92 Å². The first kappa shape index (κ1) is 24.7. The van der Waals surface area contributed by atoms with Gasteiger partial charge in [0.1, 0.15) is 0 Å². The summed E-state index contributed by atoms with van der Waals surface area (Å²) in [6.07, 6.45) is 13.3. The number of rotatable bonds is 10. The number of hydrogen-bond acceptors (Lipinski definition) is 1. The van der Waals surface area contributed by atoms with Crippen molar-refractivity contribution in [3.05, 3.63) is 29.3 Å². The molecule has 1 saturated heterocycles. The second-order valence-electron chi connectivity index (χ2n) is 10.4. The molecule has 3 rings (SSSR count). The maximum Gasteiger partial charge on any atom is 0.191 e. The maximum atomic E-state index is 14.6. The molecule has 2 aliphatic rings. The summed E-state index contributed by atoms with van der Waals surface area (Å²) in [7, 11) is -0.439. The molecule has 1 atom stereocenters. The van der Waals surface area contributed by atoms with Gasteiger partial charge in [-0.1, -0.05) is 70.5 Å². The first-order valence-electron chi connectivity index (χ1n) is 13.2. The van der Waals surface area contributed by atoms with E-state index in [2.05, 4.69) is 6.92 Å². The van der Waals surface area contributed by atoms with Gasteiger partial charge in [-0.15, -0.1) is 0 Å². The standard InChI is InChI=1S/C27H44F2OSi/c1-4-6-7-15-31-16-13-23(14-17-31)21-9-11-22(12-10-21)24-18-25(28)27(26(29)19-24)30-20(3)8-5-2/h18-23,31H,4-17H2,1-3H3/t20-,21?,22?,23?,31?/m1/s1. The molecule has 1 saturated carbocycles. The van der Waals surface area contributed by atoms with Crippen molar-refractivity contribution in [1.29, 1.82) is 0 Å². The minimum Gasteiger partial charge on any atom is -0.485 e. The van der Waals surface area contributed by atoms with Crippen molar-refractivity contribution in [1.82, 2.24) is 0 Å². The van der Waals surface area contributed by atoms with Gasteiger partial charge >= 0.3 is 0 Å². The quantitative estimate of drug-likeness (QED) is 0.256. The fourth-order valence-electron chi connectivity index (χ4n) is 6.15. The number of halogens is 2. The van der Waals surface area contributed by atoms with E-state index in [1.54, 1.807) is 18.1 Å². The van der Waals surface area contributed by atoms with Gasteiger partial charge in [0.05, 0.1) is 6.10 Å². The summed E-state index contributed by atoms with van der Waals surface area (Å²) >= 11 is 0. The monoisotopic (exact) mass is 450 g/mol. The number of unbranched alkanes of at least 4 members (excludes halogenated alkanes) is 2. The summed E-state index contributed by atoms with van der Waals surface area (Å²) in [5.41, 5.74) is 0.830. The summed E-state index contributed by atoms with van der Waals surface area (Å²) in [6.45, 7) is 6.22. The molecule has 1 aromatic carbocycles. The van der Waals surface area contributed by atoms with Gasteiger partial charge in [-0.3, -0.25) is 0 Å². The Balaban J connectivity index is 1.48. The predicted octanol–water partition coefficient (Wildman–Crippen LogP) is 8.63. The molecule has 0 spiro atoms. The SMILES string of the molecule is CCCCC[SiH]1CCC(C2CCC(c3cc(F)c(O[C@H](C)CCC)c(F)c3)CC2)CC1. The minimum absolute atomic E-state index is 0.167. The van der Waals surface area contributed by atoms with Gasteiger partial charge in [-0.05, 0) is 74.5 Å². The van der Waals surface area contributed by atoms with Gasteiger partial charge in [-0.25, -0.2) is 8.78 Å². The third-order valence-corrected chi connectivity index (χ3v) is 11.6. The van der Waals surface area contributed by atoms with Crippen molar-refractivity contribution in [2.75, 3.05) is 0 Å². The first-order chi connectivity index (χ1) is 15.0. The van der Waals surface area contributed by atoms with Crippen molar-refractivity contribution in [3.8, 4) is 5.75 Å². The molecule has 0 bridgehead atoms. The van der Waals surface area contributed by atoms with Crippen molar-refractivity contribution in [3.63, 3.8) is 0 Å². The van der Waals surface area contributed by atoms with Gasteiger partial charge < -0.3 is 4.74 Å². The summed E-state index contributed by atoms with van der Waals surface area (Å²) in [5, 5.41) is 0. The molecule has 4 heteroatoms. The lowest BCUT2D eigenvalue weighted by atomic mass is 9.72. The Labute approximate surface area is 191 Å². The highest BCUT2D eigenvalue weighted by Gasteiger charge is 2.32. The van der Waals surface area contributed by atoms with Crippen molar-refractivity contribution in [2.45, 2.75) is 122 Å². The molecule has 1 aliphatic carbocycles. The number of benzene rings is 1. The van der Waals surface area contributed by atoms with E-state index in [4.69, 9.17) is 4.74 Å². The Morgan fingerprint density at radius 2 is 1.52 bits per heavy atom. The van der Waals surface area contributed by atoms with Crippen molar-refractivity contribution >= 4 is 8.80 Å². The Bertz CT molecular complexity index is 640. The van der Waals surface area contributed by atoms with Crippen LogP contribution in [0.5, 0.6) is 5.75 Å². The zero-order valence-electron chi connectivity index (χ0n) is 20.1. The van der Waals surface area contributed by atoms with E-state index in [1.165, 1.54) is 57.1 Å². The van der Waals surface area contributed by atoms with Crippen LogP contribution in [0.3, 0.4) is 0 Å². The van der Waals surface area contributed by atoms with Crippen LogP contribution in [0.2, 0.25) is 18.1 Å². The molecule has 0 amide bonds. The normalized spacial score (nSPS) is 27.8. The van der Waals surface area contributed by atoms with Crippen LogP contribution in [-0.2, 0) is 0 Å². The van der Waals surface area contributed by atoms with Crippen LogP contribution in [-0.4, -0.2) is 14.9 Å². The molecule has 1 aromatic rings. The number of ether oxygens (including phenoxy) is 1. The molecule has 0 unspecified atom stereocenters. The van der Waals surface area contributed by atoms with Gasteiger partial charge in [0.2, 0.25) is 0 Å². The summed E-state index contributed by atoms with van der Waals surface area (Å²) in [4.78, 5) is 0. The molecule has 176 valence electrons. The highest BCUT2D eigenvalue weighted by atomic mass is 28.3. The molecule has 0 N–H and O–H groups in total. The maximum absolute atomic E-state index is 14.6. The Kier molecular flexibility index (Phi) is 9.87. The highest BCUT2D eigenvalue weighted by Crippen LogP contribution is 2.44. The average Bonchev–Trinajstić information content (AvgIpc) is 2.77. The molecule has 1 heterocycles. The van der Waals surface area contributed by atoms with Crippen LogP contribution in [0.25, 0.3) is 0 Å². The lowest BCUT2D eigenvalue weighted by Crippen LogP contribution is -2.28. The van der Waals surface area contributed by atoms with Crippen LogP contribution in [0, 0.1) is 23.5 Å². The Morgan fingerprint density at radius 1 is 0.903 bits per heavy atom. The summed E-state index contributed by atoms with van der Waals surface area (Å²) in [5.74, 6) is 0.785. The molecule has 0 aromatic heterocycles. The van der Waals surface area contributed by atoms with E-state index in [0.717, 1.165) is 43.1 Å². The Morgan fingerprint density at radius 3 is 2.10 bits per heavy atom. The second-order valence-corrected chi connectivity index (χ2v) is 13.9. The summed E-state index contributed by atoms with van der Waals surface area (Å²) in [6, 6.07) is 7.76. The molecule has 0 radical (unpaired) electrons. The van der Waals surface area contributed by atoms with Crippen LogP contribution in [0.4, 0.5) is 8.78 Å². The first-order valence-corrected chi connectivity index (χ1v) is 15.6. The van der Waals surface area contributed by atoms with Gasteiger partial charge in [0.25, 0.3) is 0 Å². The zero-order valence-corrected chi connectivity index (χ0v) is 21.3. The average molecular weight is 451 g/mol. The van der Waals surface area contributed by atoms with Crippen LogP contribution >= 0.6 is 0 Å². The molecular formula is C27H44F2OSi. The minimum atomic E-state index is -0.536. The lowest BCUT2D eigenvalue weighted by Gasteiger charge is -2.37. The van der Waals surface area contributed by atoms with Gasteiger partial charge in [0, 0.05) is 8.80 Å². The summed E-state index contributed by atoms with van der Waals surface area (Å²) < 4.78 is 34.8. The second kappa shape index (κ2) is 12.4. The fraction of sp³-hybridized carbons (Fsp3) is 0.778. The van der Waals surface area contributed by atoms with E-state index < -0.39 is 20.4 Å². The Hall–Kier alpha value is -0.903. The van der Waals surface area contributed by atoms with Crippen LogP contribution in [0.1, 0.15) is 103 Å². The van der Waals surface area contributed by atoms with E-state index in [-0.39, 0.29) is 11.9 Å². The van der Waals surface area contributed by atoms with Gasteiger partial charge in [-0.2, -0.15) is 0 Å². The fourth-order valence-corrected chi connectivity index (χ4v) is 9.68. The molecule has 31 heavy (non-hydrogen) atoms. The predicted molar refractivity (Wildman–Crippen MR) is 130 cm³/mol. The third-order valence-electron chi connectivity index (χ3n) is 8.05. The van der Waals surface area contributed by atoms with E-state index in [1.807, 2.05) is 13.8 Å². The third kappa shape index (κ3) is 7.04. The van der Waals surface area contributed by atoms with Crippen LogP contribution < -0.4 is 4.74 Å².